The third-order valence-corrected chi connectivity index (χ3v) is 9.32. The molecule has 10 heteroatoms. The van der Waals surface area contributed by atoms with Gasteiger partial charge in [-0.1, -0.05) is 35.3 Å². The first-order valence-electron chi connectivity index (χ1n) is 12.1. The lowest BCUT2D eigenvalue weighted by atomic mass is 9.61. The number of nitrogens with zero attached hydrogens (tertiary/aromatic N) is 3. The largest absolute Gasteiger partial charge is 0.393 e. The predicted molar refractivity (Wildman–Crippen MR) is 150 cm³/mol. The summed E-state index contributed by atoms with van der Waals surface area (Å²) in [6, 6.07) is 13.3. The maximum absolute atomic E-state index is 12.7. The van der Waals surface area contributed by atoms with Crippen LogP contribution in [0.4, 0.5) is 28.8 Å². The molecule has 1 saturated heterocycles. The molecule has 1 aliphatic carbocycles. The molecule has 0 unspecified atom stereocenters. The first-order valence-corrected chi connectivity index (χ1v) is 15.4. The summed E-state index contributed by atoms with van der Waals surface area (Å²) in [7, 11) is -2.50. The third kappa shape index (κ3) is 5.35. The van der Waals surface area contributed by atoms with E-state index in [4.69, 9.17) is 23.2 Å². The van der Waals surface area contributed by atoms with Gasteiger partial charge in [0, 0.05) is 24.1 Å². The van der Waals surface area contributed by atoms with E-state index in [2.05, 4.69) is 25.5 Å². The molecule has 0 atom stereocenters. The lowest BCUT2D eigenvalue weighted by Gasteiger charge is -2.51. The zero-order valence-corrected chi connectivity index (χ0v) is 22.7. The first kappa shape index (κ1) is 25.3. The minimum atomic E-state index is -2.50. The summed E-state index contributed by atoms with van der Waals surface area (Å²) in [4.78, 5) is 11.2. The highest BCUT2D eigenvalue weighted by atomic mass is 35.5. The quantitative estimate of drug-likeness (QED) is 0.315. The minimum absolute atomic E-state index is 0.119. The maximum atomic E-state index is 12.7. The number of anilines is 5. The SMILES string of the molecule is CP(C)(=O)c1ccccc1Nc1nc(Nc2ccc(N3CCC4(CC3)CC(O)C4)c(Cl)c2)ncc1Cl. The van der Waals surface area contributed by atoms with Crippen LogP contribution in [0.5, 0.6) is 0 Å². The van der Waals surface area contributed by atoms with Crippen molar-refractivity contribution in [2.45, 2.75) is 31.8 Å². The highest BCUT2D eigenvalue weighted by Crippen LogP contribution is 2.50. The van der Waals surface area contributed by atoms with Crippen LogP contribution in [0.1, 0.15) is 25.7 Å². The van der Waals surface area contributed by atoms with E-state index in [1.807, 2.05) is 42.5 Å². The Bertz CT molecular complexity index is 1320. The van der Waals surface area contributed by atoms with E-state index >= 15 is 0 Å². The lowest BCUT2D eigenvalue weighted by Crippen LogP contribution is -2.49. The highest BCUT2D eigenvalue weighted by Gasteiger charge is 2.45. The van der Waals surface area contributed by atoms with Crippen LogP contribution in [0.25, 0.3) is 0 Å². The number of piperidine rings is 1. The Kier molecular flexibility index (Phi) is 6.94. The number of nitrogens with one attached hydrogen (secondary N) is 2. The van der Waals surface area contributed by atoms with E-state index in [9.17, 15) is 9.67 Å². The van der Waals surface area contributed by atoms with Crippen molar-refractivity contribution >= 4 is 64.5 Å². The molecule has 2 fully saturated rings. The predicted octanol–water partition coefficient (Wildman–Crippen LogP) is 6.26. The molecular weight excluding hydrogens is 516 g/mol. The normalized spacial score (nSPS) is 17.6. The third-order valence-electron chi connectivity index (χ3n) is 7.19. The van der Waals surface area contributed by atoms with Gasteiger partial charge in [0.2, 0.25) is 5.95 Å². The van der Waals surface area contributed by atoms with Gasteiger partial charge in [-0.2, -0.15) is 4.98 Å². The summed E-state index contributed by atoms with van der Waals surface area (Å²) in [6.45, 7) is 5.35. The summed E-state index contributed by atoms with van der Waals surface area (Å²) in [6.07, 6.45) is 5.43. The Morgan fingerprint density at radius 1 is 1.06 bits per heavy atom. The van der Waals surface area contributed by atoms with Crippen molar-refractivity contribution in [1.29, 1.82) is 0 Å². The Morgan fingerprint density at radius 3 is 2.44 bits per heavy atom. The second kappa shape index (κ2) is 9.86. The van der Waals surface area contributed by atoms with Gasteiger partial charge in [0.05, 0.1) is 28.7 Å². The van der Waals surface area contributed by atoms with Gasteiger partial charge in [0.1, 0.15) is 12.2 Å². The number of aromatic nitrogens is 2. The van der Waals surface area contributed by atoms with Gasteiger partial charge in [-0.05, 0) is 74.8 Å². The molecule has 3 N–H and O–H groups in total. The van der Waals surface area contributed by atoms with Gasteiger partial charge in [-0.15, -0.1) is 0 Å². The van der Waals surface area contributed by atoms with E-state index in [0.717, 1.165) is 55.5 Å². The number of hydrogen-bond donors (Lipinski definition) is 3. The van der Waals surface area contributed by atoms with Crippen molar-refractivity contribution in [3.05, 3.63) is 58.7 Å². The molecule has 0 bridgehead atoms. The molecule has 2 heterocycles. The van der Waals surface area contributed by atoms with Crippen molar-refractivity contribution < 1.29 is 9.67 Å². The average Bonchev–Trinajstić information content (AvgIpc) is 2.81. The van der Waals surface area contributed by atoms with Crippen molar-refractivity contribution in [1.82, 2.24) is 9.97 Å². The molecule has 0 radical (unpaired) electrons. The zero-order valence-electron chi connectivity index (χ0n) is 20.3. The molecule has 1 saturated carbocycles. The maximum Gasteiger partial charge on any atom is 0.229 e. The van der Waals surface area contributed by atoms with Crippen LogP contribution >= 0.6 is 30.3 Å². The van der Waals surface area contributed by atoms with Crippen LogP contribution in [-0.4, -0.2) is 47.6 Å². The fourth-order valence-corrected chi connectivity index (χ4v) is 6.83. The molecule has 190 valence electrons. The summed E-state index contributed by atoms with van der Waals surface area (Å²) in [5.74, 6) is 0.781. The second-order valence-corrected chi connectivity index (χ2v) is 14.2. The summed E-state index contributed by atoms with van der Waals surface area (Å²) in [5.41, 5.74) is 2.80. The first-order chi connectivity index (χ1) is 17.1. The van der Waals surface area contributed by atoms with Gasteiger partial charge >= 0.3 is 0 Å². The Labute approximate surface area is 221 Å². The number of benzene rings is 2. The van der Waals surface area contributed by atoms with E-state index in [-0.39, 0.29) is 6.10 Å². The summed E-state index contributed by atoms with van der Waals surface area (Å²) in [5, 5.41) is 17.9. The number of aliphatic hydroxyl groups is 1. The number of para-hydroxylation sites is 1. The topological polar surface area (TPSA) is 90.4 Å². The van der Waals surface area contributed by atoms with Crippen molar-refractivity contribution in [2.75, 3.05) is 42.0 Å². The molecule has 2 aliphatic rings. The zero-order chi connectivity index (χ0) is 25.5. The smallest absolute Gasteiger partial charge is 0.229 e. The van der Waals surface area contributed by atoms with Crippen LogP contribution in [-0.2, 0) is 4.57 Å². The molecule has 36 heavy (non-hydrogen) atoms. The summed E-state index contributed by atoms with van der Waals surface area (Å²) < 4.78 is 12.7. The molecule has 3 aromatic rings. The van der Waals surface area contributed by atoms with Gasteiger partial charge in [0.25, 0.3) is 0 Å². The summed E-state index contributed by atoms with van der Waals surface area (Å²) >= 11 is 13.0. The Balaban J connectivity index is 1.29. The van der Waals surface area contributed by atoms with E-state index in [1.165, 1.54) is 6.20 Å². The minimum Gasteiger partial charge on any atom is -0.393 e. The van der Waals surface area contributed by atoms with Gasteiger partial charge in [-0.25, -0.2) is 4.98 Å². The van der Waals surface area contributed by atoms with Crippen molar-refractivity contribution in [3.63, 3.8) is 0 Å². The highest BCUT2D eigenvalue weighted by molar-refractivity contribution is 7.70. The van der Waals surface area contributed by atoms with Crippen LogP contribution < -0.4 is 20.8 Å². The number of aliphatic hydroxyl groups excluding tert-OH is 1. The molecule has 1 aliphatic heterocycles. The van der Waals surface area contributed by atoms with Crippen molar-refractivity contribution in [3.8, 4) is 0 Å². The van der Waals surface area contributed by atoms with Gasteiger partial charge < -0.3 is 25.2 Å². The van der Waals surface area contributed by atoms with E-state index in [0.29, 0.717) is 32.9 Å². The van der Waals surface area contributed by atoms with Gasteiger partial charge in [0.15, 0.2) is 5.82 Å². The van der Waals surface area contributed by atoms with Crippen molar-refractivity contribution in [2.24, 2.45) is 5.41 Å². The molecule has 0 amide bonds. The fraction of sp³-hybridized carbons (Fsp3) is 0.385. The molecule has 1 spiro atoms. The number of rotatable bonds is 6. The van der Waals surface area contributed by atoms with Crippen LogP contribution in [0, 0.1) is 5.41 Å². The molecule has 2 aromatic carbocycles. The monoisotopic (exact) mass is 545 g/mol. The average molecular weight is 546 g/mol. The van der Waals surface area contributed by atoms with Crippen LogP contribution in [0.15, 0.2) is 48.7 Å². The van der Waals surface area contributed by atoms with E-state index in [1.54, 1.807) is 13.3 Å². The van der Waals surface area contributed by atoms with Crippen LogP contribution in [0.3, 0.4) is 0 Å². The number of halogens is 2. The second-order valence-electron chi connectivity index (χ2n) is 10.2. The number of hydrogen-bond acceptors (Lipinski definition) is 7. The Hall–Kier alpha value is -2.31. The van der Waals surface area contributed by atoms with E-state index < -0.39 is 7.14 Å². The molecular formula is C26H30Cl2N5O2P. The standard InChI is InChI=1S/C26H30Cl2N5O2P/c1-36(2,35)23-6-4-3-5-21(23)31-24-20(28)16-29-25(32-24)30-17-7-8-22(19(27)13-17)33-11-9-26(10-12-33)14-18(34)15-26/h3-8,13,16,18,34H,9-12,14-15H2,1-2H3,(H2,29,30,31,32). The molecule has 5 rings (SSSR count). The lowest BCUT2D eigenvalue weighted by molar-refractivity contribution is -0.0463. The van der Waals surface area contributed by atoms with Gasteiger partial charge in [-0.3, -0.25) is 0 Å². The fourth-order valence-electron chi connectivity index (χ4n) is 5.23. The Morgan fingerprint density at radius 2 is 1.78 bits per heavy atom. The molecule has 1 aromatic heterocycles. The van der Waals surface area contributed by atoms with Crippen LogP contribution in [0.2, 0.25) is 10.0 Å². The molecule has 7 nitrogen and oxygen atoms in total.